The van der Waals surface area contributed by atoms with Crippen LogP contribution in [0.4, 0.5) is 15.8 Å². The number of rotatable bonds is 4. The summed E-state index contributed by atoms with van der Waals surface area (Å²) in [7, 11) is 1.57. The fraction of sp³-hybridized carbons (Fsp3) is 0.357. The molecule has 2 N–H and O–H groups in total. The molecule has 2 aliphatic rings. The number of halogens is 1. The molecular weight excluding hydrogens is 473 g/mol. The zero-order valence-electron chi connectivity index (χ0n) is 20.8. The molecule has 2 aromatic carbocycles. The zero-order chi connectivity index (χ0) is 25.5. The minimum Gasteiger partial charge on any atom is -0.503 e. The molecule has 2 aliphatic heterocycles. The first-order valence-corrected chi connectivity index (χ1v) is 12.7. The minimum atomic E-state index is -0.326. The lowest BCUT2D eigenvalue weighted by atomic mass is 10.0. The van der Waals surface area contributed by atoms with E-state index in [0.29, 0.717) is 22.7 Å². The lowest BCUT2D eigenvalue weighted by Gasteiger charge is -2.44. The Labute approximate surface area is 213 Å². The zero-order valence-corrected chi connectivity index (χ0v) is 20.8. The second kappa shape index (κ2) is 9.55. The summed E-state index contributed by atoms with van der Waals surface area (Å²) in [5, 5.41) is 12.3. The maximum Gasteiger partial charge on any atom is 0.248 e. The minimum absolute atomic E-state index is 0.139. The molecule has 2 fully saturated rings. The Morgan fingerprint density at radius 2 is 1.81 bits per heavy atom. The molecule has 4 aromatic rings. The Morgan fingerprint density at radius 3 is 2.57 bits per heavy atom. The number of hydrogen-bond acceptors (Lipinski definition) is 7. The van der Waals surface area contributed by atoms with E-state index in [1.54, 1.807) is 25.4 Å². The smallest absolute Gasteiger partial charge is 0.248 e. The van der Waals surface area contributed by atoms with Gasteiger partial charge in [0.05, 0.1) is 23.8 Å². The van der Waals surface area contributed by atoms with E-state index in [0.717, 1.165) is 74.4 Å². The number of ether oxygens (including phenoxy) is 1. The third kappa shape index (κ3) is 4.23. The normalized spacial score (nSPS) is 17.6. The van der Waals surface area contributed by atoms with Gasteiger partial charge in [0.1, 0.15) is 11.5 Å². The van der Waals surface area contributed by atoms with Crippen molar-refractivity contribution in [2.45, 2.75) is 18.9 Å². The summed E-state index contributed by atoms with van der Waals surface area (Å²) >= 11 is 0. The topological polar surface area (TPSA) is 84.9 Å². The van der Waals surface area contributed by atoms with Gasteiger partial charge in [0.2, 0.25) is 5.56 Å². The van der Waals surface area contributed by atoms with Gasteiger partial charge in [-0.25, -0.2) is 4.39 Å². The number of H-pyrrole nitrogens is 1. The SMILES string of the molecule is COc1cc2cccnc2c(N2CCN(C3CCN(c4ccc(F)c5ccc(=O)[nH]c45)CC3)CC2)c1O. The number of piperazine rings is 1. The number of fused-ring (bicyclic) bond motifs is 2. The van der Waals surface area contributed by atoms with E-state index >= 15 is 0 Å². The van der Waals surface area contributed by atoms with Crippen molar-refractivity contribution in [3.8, 4) is 11.5 Å². The molecule has 6 rings (SSSR count). The second-order valence-electron chi connectivity index (χ2n) is 9.77. The van der Waals surface area contributed by atoms with Gasteiger partial charge in [0.25, 0.3) is 0 Å². The highest BCUT2D eigenvalue weighted by atomic mass is 19.1. The number of anilines is 2. The maximum absolute atomic E-state index is 14.3. The molecule has 0 spiro atoms. The van der Waals surface area contributed by atoms with Gasteiger partial charge in [-0.2, -0.15) is 0 Å². The molecule has 0 bridgehead atoms. The lowest BCUT2D eigenvalue weighted by Crippen LogP contribution is -2.53. The van der Waals surface area contributed by atoms with E-state index in [2.05, 4.69) is 24.7 Å². The predicted molar refractivity (Wildman–Crippen MR) is 144 cm³/mol. The Bertz CT molecular complexity index is 1510. The largest absolute Gasteiger partial charge is 0.503 e. The lowest BCUT2D eigenvalue weighted by molar-refractivity contribution is 0.160. The summed E-state index contributed by atoms with van der Waals surface area (Å²) in [6.07, 6.45) is 3.73. The van der Waals surface area contributed by atoms with Gasteiger partial charge >= 0.3 is 0 Å². The van der Waals surface area contributed by atoms with Gasteiger partial charge in [-0.05, 0) is 43.2 Å². The van der Waals surface area contributed by atoms with Gasteiger partial charge in [-0.15, -0.1) is 0 Å². The predicted octanol–water partition coefficient (Wildman–Crippen LogP) is 3.72. The van der Waals surface area contributed by atoms with Gasteiger partial charge in [-0.1, -0.05) is 6.07 Å². The fourth-order valence-electron chi connectivity index (χ4n) is 5.87. The molecule has 0 aliphatic carbocycles. The first-order chi connectivity index (χ1) is 18.0. The number of nitrogens with zero attached hydrogens (tertiary/aromatic N) is 4. The molecule has 2 aromatic heterocycles. The number of benzene rings is 2. The van der Waals surface area contributed by atoms with E-state index < -0.39 is 0 Å². The number of hydrogen-bond donors (Lipinski definition) is 2. The van der Waals surface area contributed by atoms with E-state index in [9.17, 15) is 14.3 Å². The third-order valence-corrected chi connectivity index (χ3v) is 7.80. The fourth-order valence-corrected chi connectivity index (χ4v) is 5.87. The Hall–Kier alpha value is -3.85. The van der Waals surface area contributed by atoms with Crippen LogP contribution in [0.15, 0.2) is 53.5 Å². The summed E-state index contributed by atoms with van der Waals surface area (Å²) < 4.78 is 19.7. The van der Waals surface area contributed by atoms with Crippen LogP contribution < -0.4 is 20.1 Å². The summed E-state index contributed by atoms with van der Waals surface area (Å²) in [5.74, 6) is 0.271. The number of aromatic hydroxyl groups is 1. The van der Waals surface area contributed by atoms with Crippen LogP contribution >= 0.6 is 0 Å². The van der Waals surface area contributed by atoms with Crippen molar-refractivity contribution >= 4 is 33.2 Å². The number of pyridine rings is 2. The van der Waals surface area contributed by atoms with Crippen LogP contribution in [0.25, 0.3) is 21.8 Å². The number of phenolic OH excluding ortho intramolecular Hbond substituents is 1. The molecule has 37 heavy (non-hydrogen) atoms. The number of nitrogens with one attached hydrogen (secondary N) is 1. The van der Waals surface area contributed by atoms with Crippen LogP contribution in [0.5, 0.6) is 11.5 Å². The van der Waals surface area contributed by atoms with Crippen LogP contribution in [-0.2, 0) is 0 Å². The van der Waals surface area contributed by atoms with Crippen LogP contribution in [0.2, 0.25) is 0 Å². The molecule has 4 heterocycles. The highest BCUT2D eigenvalue weighted by Gasteiger charge is 2.30. The van der Waals surface area contributed by atoms with Crippen LogP contribution in [-0.4, -0.2) is 72.4 Å². The highest BCUT2D eigenvalue weighted by Crippen LogP contribution is 2.42. The van der Waals surface area contributed by atoms with Gasteiger partial charge in [0.15, 0.2) is 11.5 Å². The number of aromatic nitrogens is 2. The summed E-state index contributed by atoms with van der Waals surface area (Å²) in [6.45, 7) is 5.04. The van der Waals surface area contributed by atoms with Crippen LogP contribution in [0.3, 0.4) is 0 Å². The highest BCUT2D eigenvalue weighted by molar-refractivity contribution is 5.96. The van der Waals surface area contributed by atoms with Gasteiger partial charge in [-0.3, -0.25) is 14.7 Å². The monoisotopic (exact) mass is 503 g/mol. The van der Waals surface area contributed by atoms with Crippen molar-refractivity contribution in [2.24, 2.45) is 0 Å². The Morgan fingerprint density at radius 1 is 1.03 bits per heavy atom. The van der Waals surface area contributed by atoms with Crippen molar-refractivity contribution in [3.63, 3.8) is 0 Å². The first kappa shape index (κ1) is 23.5. The van der Waals surface area contributed by atoms with E-state index in [1.165, 1.54) is 12.1 Å². The molecule has 9 heteroatoms. The second-order valence-corrected chi connectivity index (χ2v) is 9.77. The Balaban J connectivity index is 1.14. The average Bonchev–Trinajstić information content (AvgIpc) is 2.93. The maximum atomic E-state index is 14.3. The van der Waals surface area contributed by atoms with Crippen molar-refractivity contribution in [1.29, 1.82) is 0 Å². The molecule has 0 atom stereocenters. The average molecular weight is 504 g/mol. The standard InChI is InChI=1S/C28H30FN5O3/c1-37-23-17-18-3-2-10-30-25(18)27(28(23)36)34-15-13-32(14-16-34)19-8-11-33(12-9-19)22-6-5-21(29)20-4-7-24(35)31-26(20)22/h2-7,10,17,19,36H,8-9,11-16H2,1H3,(H,31,35). The quantitative estimate of drug-likeness (QED) is 0.439. The summed E-state index contributed by atoms with van der Waals surface area (Å²) in [6, 6.07) is 12.3. The number of aromatic amines is 1. The van der Waals surface area contributed by atoms with Crippen molar-refractivity contribution in [3.05, 3.63) is 64.8 Å². The molecule has 192 valence electrons. The van der Waals surface area contributed by atoms with Crippen molar-refractivity contribution in [1.82, 2.24) is 14.9 Å². The number of piperidine rings is 1. The molecule has 0 unspecified atom stereocenters. The summed E-state index contributed by atoms with van der Waals surface area (Å²) in [4.78, 5) is 26.3. The molecule has 0 saturated carbocycles. The molecule has 0 amide bonds. The van der Waals surface area contributed by atoms with Gasteiger partial charge < -0.3 is 24.6 Å². The molecule has 2 saturated heterocycles. The molecular formula is C28H30FN5O3. The number of methoxy groups -OCH3 is 1. The van der Waals surface area contributed by atoms with Crippen LogP contribution in [0, 0.1) is 5.82 Å². The first-order valence-electron chi connectivity index (χ1n) is 12.7. The number of phenols is 1. The van der Waals surface area contributed by atoms with Crippen molar-refractivity contribution < 1.29 is 14.2 Å². The third-order valence-electron chi connectivity index (χ3n) is 7.80. The van der Waals surface area contributed by atoms with E-state index in [-0.39, 0.29) is 17.1 Å². The van der Waals surface area contributed by atoms with Crippen molar-refractivity contribution in [2.75, 3.05) is 56.2 Å². The molecule has 8 nitrogen and oxygen atoms in total. The van der Waals surface area contributed by atoms with Gasteiger partial charge in [0, 0.05) is 68.3 Å². The van der Waals surface area contributed by atoms with E-state index in [1.807, 2.05) is 18.2 Å². The summed E-state index contributed by atoms with van der Waals surface area (Å²) in [5.41, 5.74) is 2.75. The molecule has 0 radical (unpaired) electrons. The Kier molecular flexibility index (Phi) is 6.08. The van der Waals surface area contributed by atoms with E-state index in [4.69, 9.17) is 4.74 Å². The van der Waals surface area contributed by atoms with Crippen LogP contribution in [0.1, 0.15) is 12.8 Å².